The zero-order chi connectivity index (χ0) is 24.2. The van der Waals surface area contributed by atoms with Gasteiger partial charge in [-0.05, 0) is 60.2 Å². The molecule has 5 aromatic rings. The van der Waals surface area contributed by atoms with Crippen molar-refractivity contribution in [2.24, 2.45) is 5.10 Å². The molecule has 1 aromatic heterocycles. The number of anilines is 2. The summed E-state index contributed by atoms with van der Waals surface area (Å²) in [5.41, 5.74) is 6.02. The number of amides is 1. The molecular formula is C28H23N3O4. The van der Waals surface area contributed by atoms with E-state index in [0.29, 0.717) is 28.3 Å². The van der Waals surface area contributed by atoms with Crippen LogP contribution in [0.15, 0.2) is 101 Å². The Hall–Kier alpha value is -4.78. The van der Waals surface area contributed by atoms with Gasteiger partial charge in [-0.2, -0.15) is 5.10 Å². The molecule has 0 bridgehead atoms. The lowest BCUT2D eigenvalue weighted by molar-refractivity contribution is 0.168. The van der Waals surface area contributed by atoms with Crippen LogP contribution in [0.3, 0.4) is 0 Å². The summed E-state index contributed by atoms with van der Waals surface area (Å²) >= 11 is 0. The van der Waals surface area contributed by atoms with Gasteiger partial charge in [0.1, 0.15) is 22.7 Å². The summed E-state index contributed by atoms with van der Waals surface area (Å²) in [6, 6.07) is 27.8. The Labute approximate surface area is 201 Å². The van der Waals surface area contributed by atoms with Crippen LogP contribution in [0.1, 0.15) is 18.2 Å². The van der Waals surface area contributed by atoms with Crippen LogP contribution in [0.2, 0.25) is 0 Å². The van der Waals surface area contributed by atoms with Crippen molar-refractivity contribution in [2.75, 3.05) is 17.3 Å². The molecule has 0 aliphatic carbocycles. The number of phenols is 1. The minimum atomic E-state index is -0.592. The molecule has 5 rings (SSSR count). The normalized spacial score (nSPS) is 11.5. The zero-order valence-electron chi connectivity index (χ0n) is 19.0. The number of carbonyl (C=O) groups is 1. The first-order valence-corrected chi connectivity index (χ1v) is 11.2. The molecule has 0 atom stereocenters. The number of hydrogen-bond donors (Lipinski definition) is 3. The molecule has 7 nitrogen and oxygen atoms in total. The van der Waals surface area contributed by atoms with Gasteiger partial charge in [0.2, 0.25) is 0 Å². The molecule has 174 valence electrons. The molecule has 1 amide bonds. The Morgan fingerprint density at radius 3 is 2.46 bits per heavy atom. The fraction of sp³-hybridized carbons (Fsp3) is 0.0714. The van der Waals surface area contributed by atoms with Crippen LogP contribution in [0.5, 0.6) is 5.75 Å². The lowest BCUT2D eigenvalue weighted by atomic mass is 10.0. The average Bonchev–Trinajstić information content (AvgIpc) is 3.24. The number of nitrogens with zero attached hydrogens (tertiary/aromatic N) is 1. The number of hydrazone groups is 1. The van der Waals surface area contributed by atoms with E-state index in [1.807, 2.05) is 66.7 Å². The molecule has 4 aromatic carbocycles. The van der Waals surface area contributed by atoms with E-state index < -0.39 is 6.09 Å². The summed E-state index contributed by atoms with van der Waals surface area (Å²) in [6.07, 6.45) is -0.592. The molecule has 0 aliphatic heterocycles. The van der Waals surface area contributed by atoms with Gasteiger partial charge in [-0.1, -0.05) is 48.5 Å². The number of phenolic OH excluding ortho intramolecular Hbond substituents is 1. The van der Waals surface area contributed by atoms with Gasteiger partial charge in [-0.15, -0.1) is 0 Å². The summed E-state index contributed by atoms with van der Waals surface area (Å²) in [6.45, 7) is 1.97. The summed E-state index contributed by atoms with van der Waals surface area (Å²) in [5, 5.41) is 20.0. The second-order valence-electron chi connectivity index (χ2n) is 7.80. The van der Waals surface area contributed by atoms with Crippen LogP contribution in [-0.4, -0.2) is 23.5 Å². The third-order valence-electron chi connectivity index (χ3n) is 5.51. The highest BCUT2D eigenvalue weighted by Gasteiger charge is 2.24. The van der Waals surface area contributed by atoms with Crippen molar-refractivity contribution in [1.82, 2.24) is 0 Å². The Balaban J connectivity index is 1.74. The number of furan rings is 1. The zero-order valence-corrected chi connectivity index (χ0v) is 19.0. The summed E-state index contributed by atoms with van der Waals surface area (Å²) in [5.74, 6) is 0.489. The van der Waals surface area contributed by atoms with E-state index in [4.69, 9.17) is 9.15 Å². The maximum Gasteiger partial charge on any atom is 0.411 e. The molecule has 0 fully saturated rings. The summed E-state index contributed by atoms with van der Waals surface area (Å²) in [4.78, 5) is 12.6. The highest BCUT2D eigenvalue weighted by molar-refractivity contribution is 6.23. The number of ether oxygens (including phenoxy) is 1. The molecule has 0 spiro atoms. The van der Waals surface area contributed by atoms with Crippen molar-refractivity contribution in [1.29, 1.82) is 0 Å². The van der Waals surface area contributed by atoms with Gasteiger partial charge in [0, 0.05) is 5.56 Å². The van der Waals surface area contributed by atoms with E-state index in [2.05, 4.69) is 15.8 Å². The monoisotopic (exact) mass is 465 g/mol. The predicted octanol–water partition coefficient (Wildman–Crippen LogP) is 6.72. The van der Waals surface area contributed by atoms with E-state index >= 15 is 0 Å². The molecule has 3 N–H and O–H groups in total. The van der Waals surface area contributed by atoms with Gasteiger partial charge in [-0.3, -0.25) is 10.7 Å². The number of rotatable bonds is 6. The Morgan fingerprint density at radius 1 is 0.943 bits per heavy atom. The predicted molar refractivity (Wildman–Crippen MR) is 138 cm³/mol. The smallest absolute Gasteiger partial charge is 0.411 e. The highest BCUT2D eigenvalue weighted by atomic mass is 16.5. The van der Waals surface area contributed by atoms with Gasteiger partial charge in [0.25, 0.3) is 0 Å². The first-order chi connectivity index (χ1) is 17.1. The summed E-state index contributed by atoms with van der Waals surface area (Å²) < 4.78 is 11.5. The average molecular weight is 466 g/mol. The van der Waals surface area contributed by atoms with Crippen LogP contribution in [0.4, 0.5) is 16.2 Å². The van der Waals surface area contributed by atoms with Gasteiger partial charge >= 0.3 is 6.09 Å². The van der Waals surface area contributed by atoms with Gasteiger partial charge in [-0.25, -0.2) is 4.79 Å². The number of hydrogen-bond acceptors (Lipinski definition) is 6. The summed E-state index contributed by atoms with van der Waals surface area (Å²) in [7, 11) is 0. The van der Waals surface area contributed by atoms with Crippen molar-refractivity contribution in [2.45, 2.75) is 6.92 Å². The fourth-order valence-corrected chi connectivity index (χ4v) is 3.92. The highest BCUT2D eigenvalue weighted by Crippen LogP contribution is 2.38. The number of aromatic hydroxyl groups is 1. The van der Waals surface area contributed by atoms with Crippen molar-refractivity contribution in [3.05, 3.63) is 102 Å². The standard InChI is InChI=1S/C28H23N3O4/c1-2-34-28(33)29-26-24-22-11-7-6-8-18(22)14-17-23(24)35-27(26)25(19-12-15-21(32)16-13-19)31-30-20-9-4-3-5-10-20/h3-17,30,32H,2H2,1H3,(H,29,33)/b31-25+. The van der Waals surface area contributed by atoms with E-state index in [9.17, 15) is 9.90 Å². The van der Waals surface area contributed by atoms with Crippen LogP contribution < -0.4 is 10.7 Å². The molecule has 35 heavy (non-hydrogen) atoms. The lowest BCUT2D eigenvalue weighted by Crippen LogP contribution is -2.16. The second-order valence-corrected chi connectivity index (χ2v) is 7.80. The molecule has 7 heteroatoms. The second kappa shape index (κ2) is 9.61. The molecule has 1 heterocycles. The Morgan fingerprint density at radius 2 is 1.69 bits per heavy atom. The minimum absolute atomic E-state index is 0.129. The topological polar surface area (TPSA) is 96.1 Å². The van der Waals surface area contributed by atoms with E-state index in [0.717, 1.165) is 21.8 Å². The number of para-hydroxylation sites is 1. The Kier molecular flexibility index (Phi) is 6.05. The van der Waals surface area contributed by atoms with Crippen molar-refractivity contribution in [3.63, 3.8) is 0 Å². The Bertz CT molecular complexity index is 1520. The third kappa shape index (κ3) is 4.52. The number of carbonyl (C=O) groups excluding carboxylic acids is 1. The quantitative estimate of drug-likeness (QED) is 0.191. The lowest BCUT2D eigenvalue weighted by Gasteiger charge is -2.10. The SMILES string of the molecule is CCOC(=O)Nc1c(/C(=N/Nc2ccccc2)c2ccc(O)cc2)oc2ccc3ccccc3c12. The third-order valence-corrected chi connectivity index (χ3v) is 5.51. The van der Waals surface area contributed by atoms with E-state index in [-0.39, 0.29) is 12.4 Å². The molecule has 0 saturated heterocycles. The van der Waals surface area contributed by atoms with Crippen LogP contribution >= 0.6 is 0 Å². The van der Waals surface area contributed by atoms with E-state index in [1.165, 1.54) is 0 Å². The fourth-order valence-electron chi connectivity index (χ4n) is 3.92. The molecule has 0 unspecified atom stereocenters. The molecule has 0 saturated carbocycles. The number of nitrogens with one attached hydrogen (secondary N) is 2. The molecule has 0 radical (unpaired) electrons. The number of benzene rings is 4. The van der Waals surface area contributed by atoms with Crippen molar-refractivity contribution in [3.8, 4) is 5.75 Å². The van der Waals surface area contributed by atoms with Crippen LogP contribution in [0.25, 0.3) is 21.7 Å². The van der Waals surface area contributed by atoms with Crippen LogP contribution in [0, 0.1) is 0 Å². The first kappa shape index (κ1) is 22.0. The maximum absolute atomic E-state index is 12.6. The molecule has 0 aliphatic rings. The van der Waals surface area contributed by atoms with Crippen molar-refractivity contribution >= 4 is 44.9 Å². The minimum Gasteiger partial charge on any atom is -0.508 e. The van der Waals surface area contributed by atoms with E-state index in [1.54, 1.807) is 31.2 Å². The molecular weight excluding hydrogens is 442 g/mol. The first-order valence-electron chi connectivity index (χ1n) is 11.2. The largest absolute Gasteiger partial charge is 0.508 e. The van der Waals surface area contributed by atoms with Gasteiger partial charge in [0.05, 0.1) is 17.7 Å². The maximum atomic E-state index is 12.6. The van der Waals surface area contributed by atoms with Crippen LogP contribution in [-0.2, 0) is 4.74 Å². The van der Waals surface area contributed by atoms with Crippen molar-refractivity contribution < 1.29 is 19.1 Å². The van der Waals surface area contributed by atoms with Gasteiger partial charge < -0.3 is 14.3 Å². The van der Waals surface area contributed by atoms with Gasteiger partial charge in [0.15, 0.2) is 5.76 Å². The number of fused-ring (bicyclic) bond motifs is 3.